The average molecular weight is 437 g/mol. The molecule has 0 atom stereocenters. The zero-order chi connectivity index (χ0) is 22.0. The van der Waals surface area contributed by atoms with Gasteiger partial charge in [-0.15, -0.1) is 0 Å². The molecule has 0 saturated carbocycles. The van der Waals surface area contributed by atoms with Crippen LogP contribution in [0.3, 0.4) is 0 Å². The van der Waals surface area contributed by atoms with Crippen LogP contribution >= 0.6 is 11.8 Å². The molecule has 0 unspecified atom stereocenters. The molecule has 0 aliphatic carbocycles. The lowest BCUT2D eigenvalue weighted by Crippen LogP contribution is -2.12. The number of imidazole rings is 1. The molecule has 2 aromatic heterocycles. The van der Waals surface area contributed by atoms with Crippen molar-refractivity contribution in [2.75, 3.05) is 7.11 Å². The summed E-state index contributed by atoms with van der Waals surface area (Å²) in [6.07, 6.45) is 1.05. The van der Waals surface area contributed by atoms with Crippen LogP contribution in [0, 0.1) is 5.92 Å². The SMILES string of the molecule is COC(=O)c1ccc2c(=O)[nH]c(CSc3nc4ccccc4n3CCC(C)C)nc2c1. The first kappa shape index (κ1) is 21.1. The number of carbonyl (C=O) groups excluding carboxylic acids is 1. The van der Waals surface area contributed by atoms with Crippen LogP contribution in [-0.2, 0) is 17.0 Å². The number of aromatic nitrogens is 4. The lowest BCUT2D eigenvalue weighted by molar-refractivity contribution is 0.0601. The van der Waals surface area contributed by atoms with Crippen LogP contribution < -0.4 is 5.56 Å². The third-order valence-corrected chi connectivity index (χ3v) is 6.05. The fraction of sp³-hybridized carbons (Fsp3) is 0.304. The van der Waals surface area contributed by atoms with Crippen molar-refractivity contribution < 1.29 is 9.53 Å². The Hall–Kier alpha value is -3.13. The van der Waals surface area contributed by atoms with Crippen LogP contribution in [0.4, 0.5) is 0 Å². The molecule has 31 heavy (non-hydrogen) atoms. The van der Waals surface area contributed by atoms with Crippen LogP contribution in [0.5, 0.6) is 0 Å². The highest BCUT2D eigenvalue weighted by atomic mass is 32.2. The molecule has 8 heteroatoms. The van der Waals surface area contributed by atoms with E-state index in [1.54, 1.807) is 18.2 Å². The molecule has 0 amide bonds. The number of hydrogen-bond donors (Lipinski definition) is 1. The molecule has 0 aliphatic heterocycles. The summed E-state index contributed by atoms with van der Waals surface area (Å²) in [4.78, 5) is 36.5. The van der Waals surface area contributed by atoms with Crippen molar-refractivity contribution in [2.24, 2.45) is 5.92 Å². The minimum absolute atomic E-state index is 0.231. The number of nitrogens with zero attached hydrogens (tertiary/aromatic N) is 3. The molecule has 0 spiro atoms. The molecule has 0 bridgehead atoms. The molecule has 0 saturated heterocycles. The summed E-state index contributed by atoms with van der Waals surface area (Å²) in [6, 6.07) is 12.8. The topological polar surface area (TPSA) is 89.9 Å². The highest BCUT2D eigenvalue weighted by molar-refractivity contribution is 7.98. The number of aryl methyl sites for hydroxylation is 1. The smallest absolute Gasteiger partial charge is 0.337 e. The van der Waals surface area contributed by atoms with Gasteiger partial charge in [0.25, 0.3) is 5.56 Å². The van der Waals surface area contributed by atoms with Crippen molar-refractivity contribution in [1.82, 2.24) is 19.5 Å². The highest BCUT2D eigenvalue weighted by Gasteiger charge is 2.14. The molecule has 0 radical (unpaired) electrons. The number of carbonyl (C=O) groups is 1. The molecule has 2 aromatic carbocycles. The lowest BCUT2D eigenvalue weighted by atomic mass is 10.1. The third-order valence-electron chi connectivity index (χ3n) is 5.06. The molecule has 4 rings (SSSR count). The Kier molecular flexibility index (Phi) is 6.08. The summed E-state index contributed by atoms with van der Waals surface area (Å²) in [5.74, 6) is 1.12. The standard InChI is InChI=1S/C23H24N4O3S/c1-14(2)10-11-27-19-7-5-4-6-17(19)25-23(27)31-13-20-24-18-12-15(22(29)30-3)8-9-16(18)21(28)26-20/h4-9,12,14H,10-11,13H2,1-3H3,(H,24,26,28). The fourth-order valence-electron chi connectivity index (χ4n) is 3.40. The number of esters is 1. The Morgan fingerprint density at radius 3 is 2.74 bits per heavy atom. The van der Waals surface area contributed by atoms with Gasteiger partial charge in [0, 0.05) is 6.54 Å². The predicted octanol–water partition coefficient (Wildman–Crippen LogP) is 4.40. The van der Waals surface area contributed by atoms with Crippen molar-refractivity contribution in [1.29, 1.82) is 0 Å². The first-order valence-electron chi connectivity index (χ1n) is 10.2. The minimum Gasteiger partial charge on any atom is -0.465 e. The normalized spacial score (nSPS) is 11.5. The first-order valence-corrected chi connectivity index (χ1v) is 11.1. The second-order valence-electron chi connectivity index (χ2n) is 7.74. The van der Waals surface area contributed by atoms with Gasteiger partial charge in [0.1, 0.15) is 5.82 Å². The molecule has 4 aromatic rings. The molecule has 7 nitrogen and oxygen atoms in total. The number of rotatable bonds is 7. The summed E-state index contributed by atoms with van der Waals surface area (Å²) < 4.78 is 7.00. The maximum atomic E-state index is 12.5. The number of nitrogens with one attached hydrogen (secondary N) is 1. The Morgan fingerprint density at radius 1 is 1.16 bits per heavy atom. The largest absolute Gasteiger partial charge is 0.465 e. The van der Waals surface area contributed by atoms with Gasteiger partial charge in [-0.2, -0.15) is 0 Å². The van der Waals surface area contributed by atoms with Gasteiger partial charge in [-0.25, -0.2) is 14.8 Å². The van der Waals surface area contributed by atoms with Crippen LogP contribution in [0.2, 0.25) is 0 Å². The quantitative estimate of drug-likeness (QED) is 0.341. The van der Waals surface area contributed by atoms with Crippen molar-refractivity contribution >= 4 is 39.7 Å². The number of fused-ring (bicyclic) bond motifs is 2. The predicted molar refractivity (Wildman–Crippen MR) is 122 cm³/mol. The first-order chi connectivity index (χ1) is 15.0. The number of ether oxygens (including phenoxy) is 1. The van der Waals surface area contributed by atoms with E-state index in [9.17, 15) is 9.59 Å². The van der Waals surface area contributed by atoms with Gasteiger partial charge in [0.15, 0.2) is 5.16 Å². The Labute approximate surface area is 183 Å². The van der Waals surface area contributed by atoms with E-state index in [0.29, 0.717) is 34.0 Å². The Bertz CT molecular complexity index is 1310. The molecule has 1 N–H and O–H groups in total. The average Bonchev–Trinajstić information content (AvgIpc) is 3.12. The molecule has 2 heterocycles. The molecule has 160 valence electrons. The van der Waals surface area contributed by atoms with Gasteiger partial charge >= 0.3 is 5.97 Å². The number of H-pyrrole nitrogens is 1. The van der Waals surface area contributed by atoms with Gasteiger partial charge in [-0.05, 0) is 42.7 Å². The summed E-state index contributed by atoms with van der Waals surface area (Å²) in [5, 5.41) is 1.33. The summed E-state index contributed by atoms with van der Waals surface area (Å²) in [5.41, 5.74) is 2.66. The van der Waals surface area contributed by atoms with E-state index < -0.39 is 5.97 Å². The maximum absolute atomic E-state index is 12.5. The van der Waals surface area contributed by atoms with Gasteiger partial charge in [-0.1, -0.05) is 37.7 Å². The highest BCUT2D eigenvalue weighted by Crippen LogP contribution is 2.27. The number of para-hydroxylation sites is 2. The van der Waals surface area contributed by atoms with E-state index in [0.717, 1.165) is 29.2 Å². The minimum atomic E-state index is -0.459. The summed E-state index contributed by atoms with van der Waals surface area (Å²) >= 11 is 1.54. The van der Waals surface area contributed by atoms with Crippen molar-refractivity contribution in [2.45, 2.75) is 37.7 Å². The molecule has 0 fully saturated rings. The number of benzene rings is 2. The number of aromatic amines is 1. The Morgan fingerprint density at radius 2 is 1.97 bits per heavy atom. The van der Waals surface area contributed by atoms with E-state index in [1.165, 1.54) is 18.9 Å². The third kappa shape index (κ3) is 4.49. The van der Waals surface area contributed by atoms with Gasteiger partial charge in [0.05, 0.1) is 40.4 Å². The zero-order valence-electron chi connectivity index (χ0n) is 17.7. The number of methoxy groups -OCH3 is 1. The molecule has 0 aliphatic rings. The van der Waals surface area contributed by atoms with Crippen molar-refractivity contribution in [3.8, 4) is 0 Å². The van der Waals surface area contributed by atoms with E-state index in [1.807, 2.05) is 18.2 Å². The zero-order valence-corrected chi connectivity index (χ0v) is 18.5. The van der Waals surface area contributed by atoms with E-state index in [-0.39, 0.29) is 5.56 Å². The number of hydrogen-bond acceptors (Lipinski definition) is 6. The lowest BCUT2D eigenvalue weighted by Gasteiger charge is -2.10. The maximum Gasteiger partial charge on any atom is 0.337 e. The Balaban J connectivity index is 1.64. The van der Waals surface area contributed by atoms with Gasteiger partial charge in [0.2, 0.25) is 0 Å². The van der Waals surface area contributed by atoms with Gasteiger partial charge < -0.3 is 14.3 Å². The van der Waals surface area contributed by atoms with Crippen LogP contribution in [-0.4, -0.2) is 32.6 Å². The molecular formula is C23H24N4O3S. The number of thioether (sulfide) groups is 1. The van der Waals surface area contributed by atoms with Crippen LogP contribution in [0.25, 0.3) is 21.9 Å². The van der Waals surface area contributed by atoms with E-state index >= 15 is 0 Å². The van der Waals surface area contributed by atoms with Gasteiger partial charge in [-0.3, -0.25) is 4.79 Å². The van der Waals surface area contributed by atoms with E-state index in [2.05, 4.69) is 34.4 Å². The van der Waals surface area contributed by atoms with Crippen LogP contribution in [0.1, 0.15) is 36.5 Å². The molecular weight excluding hydrogens is 412 g/mol. The fourth-order valence-corrected chi connectivity index (χ4v) is 4.31. The second-order valence-corrected chi connectivity index (χ2v) is 8.68. The summed E-state index contributed by atoms with van der Waals surface area (Å²) in [6.45, 7) is 5.29. The monoisotopic (exact) mass is 436 g/mol. The van der Waals surface area contributed by atoms with Crippen molar-refractivity contribution in [3.63, 3.8) is 0 Å². The van der Waals surface area contributed by atoms with Crippen molar-refractivity contribution in [3.05, 3.63) is 64.2 Å². The van der Waals surface area contributed by atoms with Crippen LogP contribution in [0.15, 0.2) is 52.4 Å². The second kappa shape index (κ2) is 8.93. The summed E-state index contributed by atoms with van der Waals surface area (Å²) in [7, 11) is 1.32. The van der Waals surface area contributed by atoms with E-state index in [4.69, 9.17) is 9.72 Å².